The summed E-state index contributed by atoms with van der Waals surface area (Å²) in [5, 5.41) is 8.79. The first-order valence-electron chi connectivity index (χ1n) is 16.5. The third-order valence-corrected chi connectivity index (χ3v) is 7.78. The Bertz CT molecular complexity index is 1650. The Hall–Kier alpha value is -5.03. The molecule has 0 fully saturated rings. The average Bonchev–Trinajstić information content (AvgIpc) is 3.10. The lowest BCUT2D eigenvalue weighted by Gasteiger charge is -2.22. The summed E-state index contributed by atoms with van der Waals surface area (Å²) in [5.74, 6) is 1.26. The Morgan fingerprint density at radius 1 is 0.854 bits per heavy atom. The molecule has 2 unspecified atom stereocenters. The molecular formula is C40H44FNO6. The van der Waals surface area contributed by atoms with E-state index in [1.807, 2.05) is 61.5 Å². The van der Waals surface area contributed by atoms with E-state index in [2.05, 4.69) is 13.0 Å². The fraction of sp³-hybridized carbons (Fsp3) is 0.350. The summed E-state index contributed by atoms with van der Waals surface area (Å²) in [6.45, 7) is 8.87. The zero-order chi connectivity index (χ0) is 34.3. The Morgan fingerprint density at radius 3 is 2.33 bits per heavy atom. The summed E-state index contributed by atoms with van der Waals surface area (Å²) in [6.07, 6.45) is 2.33. The summed E-state index contributed by atoms with van der Waals surface area (Å²) in [6, 6.07) is 27.8. The van der Waals surface area contributed by atoms with Gasteiger partial charge in [0.25, 0.3) is 0 Å². The van der Waals surface area contributed by atoms with Gasteiger partial charge in [0, 0.05) is 23.6 Å². The molecule has 0 heterocycles. The van der Waals surface area contributed by atoms with Crippen LogP contribution in [-0.4, -0.2) is 31.9 Å². The molecule has 4 aromatic rings. The van der Waals surface area contributed by atoms with Crippen molar-refractivity contribution in [3.05, 3.63) is 107 Å². The molecule has 4 aromatic carbocycles. The lowest BCUT2D eigenvalue weighted by Crippen LogP contribution is -2.22. The number of unbranched alkanes of at least 4 members (excludes halogenated alkanes) is 2. The molecule has 7 nitrogen and oxygen atoms in total. The third-order valence-electron chi connectivity index (χ3n) is 7.78. The molecule has 2 atom stereocenters. The van der Waals surface area contributed by atoms with Crippen LogP contribution in [0.15, 0.2) is 84.9 Å². The van der Waals surface area contributed by atoms with Gasteiger partial charge in [0.05, 0.1) is 25.2 Å². The van der Waals surface area contributed by atoms with Gasteiger partial charge in [-0.05, 0) is 93.1 Å². The van der Waals surface area contributed by atoms with Gasteiger partial charge in [-0.1, -0.05) is 49.4 Å². The number of carbonyl (C=O) groups excluding carboxylic acids is 1. The highest BCUT2D eigenvalue weighted by Crippen LogP contribution is 2.38. The highest BCUT2D eigenvalue weighted by molar-refractivity contribution is 5.79. The third kappa shape index (κ3) is 10.2. The summed E-state index contributed by atoms with van der Waals surface area (Å²) in [5.41, 5.74) is 4.38. The lowest BCUT2D eigenvalue weighted by molar-refractivity contribution is -0.144. The molecule has 8 heteroatoms. The number of halogens is 1. The molecule has 0 saturated carbocycles. The van der Waals surface area contributed by atoms with Crippen LogP contribution in [0.3, 0.4) is 0 Å². The van der Waals surface area contributed by atoms with Crippen molar-refractivity contribution in [3.63, 3.8) is 0 Å². The van der Waals surface area contributed by atoms with Gasteiger partial charge < -0.3 is 23.7 Å². The standard InChI is InChI=1S/C40H44FNO6/c1-5-31-23-36(32-15-17-33(41)18-16-32)39(47-27-30-13-9-7-10-14-30)25-38(31)48-28(3)26-46-34-19-20-37(45-22-12-8-11-21-42)35(24-34)29(4)40(43)44-6-2/h7,9-10,13-20,23-25,28-29H,5-6,8,11-12,22,26-27H2,1-4H3. The van der Waals surface area contributed by atoms with E-state index in [0.717, 1.165) is 35.1 Å². The van der Waals surface area contributed by atoms with Crippen LogP contribution in [-0.2, 0) is 22.6 Å². The van der Waals surface area contributed by atoms with Crippen molar-refractivity contribution in [2.75, 3.05) is 19.8 Å². The highest BCUT2D eigenvalue weighted by Gasteiger charge is 2.22. The van der Waals surface area contributed by atoms with E-state index in [1.165, 1.54) is 12.1 Å². The molecule has 0 N–H and O–H groups in total. The van der Waals surface area contributed by atoms with Crippen LogP contribution in [0.25, 0.3) is 11.1 Å². The molecule has 48 heavy (non-hydrogen) atoms. The van der Waals surface area contributed by atoms with Crippen molar-refractivity contribution in [3.8, 4) is 40.2 Å². The molecule has 4 rings (SSSR count). The maximum absolute atomic E-state index is 13.8. The number of rotatable bonds is 18. The van der Waals surface area contributed by atoms with Crippen LogP contribution in [0.1, 0.15) is 69.6 Å². The van der Waals surface area contributed by atoms with Crippen molar-refractivity contribution >= 4 is 5.97 Å². The number of carbonyl (C=O) groups is 1. The fourth-order valence-electron chi connectivity index (χ4n) is 5.13. The fourth-order valence-corrected chi connectivity index (χ4v) is 5.13. The van der Waals surface area contributed by atoms with E-state index in [-0.39, 0.29) is 31.1 Å². The second-order valence-electron chi connectivity index (χ2n) is 11.5. The van der Waals surface area contributed by atoms with Crippen LogP contribution >= 0.6 is 0 Å². The monoisotopic (exact) mass is 653 g/mol. The summed E-state index contributed by atoms with van der Waals surface area (Å²) < 4.78 is 43.9. The topological polar surface area (TPSA) is 87.0 Å². The number of nitriles is 1. The lowest BCUT2D eigenvalue weighted by atomic mass is 9.99. The molecule has 252 valence electrons. The van der Waals surface area contributed by atoms with Crippen molar-refractivity contribution < 1.29 is 32.9 Å². The number of hydrogen-bond acceptors (Lipinski definition) is 7. The summed E-state index contributed by atoms with van der Waals surface area (Å²) >= 11 is 0. The largest absolute Gasteiger partial charge is 0.493 e. The predicted molar refractivity (Wildman–Crippen MR) is 184 cm³/mol. The predicted octanol–water partition coefficient (Wildman–Crippen LogP) is 9.22. The molecule has 0 radical (unpaired) electrons. The van der Waals surface area contributed by atoms with Gasteiger partial charge in [0.2, 0.25) is 0 Å². The number of benzene rings is 4. The normalized spacial score (nSPS) is 12.0. The Labute approximate surface area is 283 Å². The minimum Gasteiger partial charge on any atom is -0.493 e. The minimum atomic E-state index is -0.558. The van der Waals surface area contributed by atoms with E-state index >= 15 is 0 Å². The SMILES string of the molecule is CCOC(=O)C(C)c1cc(OCC(C)Oc2cc(OCc3ccccc3)c(-c3ccc(F)cc3)cc2CC)ccc1OCCCCC#N. The molecule has 0 aliphatic carbocycles. The van der Waals surface area contributed by atoms with E-state index in [4.69, 9.17) is 28.9 Å². The quantitative estimate of drug-likeness (QED) is 0.0782. The van der Waals surface area contributed by atoms with E-state index < -0.39 is 5.92 Å². The molecule has 0 amide bonds. The Balaban J connectivity index is 1.51. The van der Waals surface area contributed by atoms with E-state index in [1.54, 1.807) is 32.0 Å². The first-order valence-corrected chi connectivity index (χ1v) is 16.5. The zero-order valence-electron chi connectivity index (χ0n) is 28.2. The molecule has 0 spiro atoms. The molecule has 0 saturated heterocycles. The van der Waals surface area contributed by atoms with Gasteiger partial charge in [-0.15, -0.1) is 0 Å². The smallest absolute Gasteiger partial charge is 0.313 e. The first-order chi connectivity index (χ1) is 23.3. The van der Waals surface area contributed by atoms with Crippen LogP contribution in [0.5, 0.6) is 23.0 Å². The van der Waals surface area contributed by atoms with Crippen molar-refractivity contribution in [1.82, 2.24) is 0 Å². The number of ether oxygens (including phenoxy) is 5. The van der Waals surface area contributed by atoms with Crippen molar-refractivity contribution in [2.24, 2.45) is 0 Å². The first kappa shape index (κ1) is 35.8. The number of nitrogens with zero attached hydrogens (tertiary/aromatic N) is 1. The van der Waals surface area contributed by atoms with Crippen LogP contribution in [0.2, 0.25) is 0 Å². The van der Waals surface area contributed by atoms with Crippen LogP contribution in [0, 0.1) is 17.1 Å². The zero-order valence-corrected chi connectivity index (χ0v) is 28.2. The molecule has 0 aliphatic heterocycles. The van der Waals surface area contributed by atoms with Gasteiger partial charge in [0.1, 0.15) is 48.1 Å². The molecule has 0 bridgehead atoms. The minimum absolute atomic E-state index is 0.241. The van der Waals surface area contributed by atoms with Crippen molar-refractivity contribution in [2.45, 2.75) is 72.0 Å². The van der Waals surface area contributed by atoms with Gasteiger partial charge in [-0.3, -0.25) is 4.79 Å². The van der Waals surface area contributed by atoms with Gasteiger partial charge in [0.15, 0.2) is 0 Å². The van der Waals surface area contributed by atoms with Gasteiger partial charge in [-0.25, -0.2) is 4.39 Å². The number of hydrogen-bond donors (Lipinski definition) is 0. The maximum atomic E-state index is 13.8. The van der Waals surface area contributed by atoms with E-state index in [0.29, 0.717) is 54.6 Å². The number of aryl methyl sites for hydroxylation is 1. The van der Waals surface area contributed by atoms with Crippen molar-refractivity contribution in [1.29, 1.82) is 5.26 Å². The number of esters is 1. The second-order valence-corrected chi connectivity index (χ2v) is 11.5. The van der Waals surface area contributed by atoms with Gasteiger partial charge in [-0.2, -0.15) is 5.26 Å². The molecular weight excluding hydrogens is 609 g/mol. The van der Waals surface area contributed by atoms with Crippen LogP contribution in [0.4, 0.5) is 4.39 Å². The van der Waals surface area contributed by atoms with Crippen LogP contribution < -0.4 is 18.9 Å². The van der Waals surface area contributed by atoms with E-state index in [9.17, 15) is 9.18 Å². The van der Waals surface area contributed by atoms with Gasteiger partial charge >= 0.3 is 5.97 Å². The maximum Gasteiger partial charge on any atom is 0.313 e. The Morgan fingerprint density at radius 2 is 1.62 bits per heavy atom. The average molecular weight is 654 g/mol. The summed E-state index contributed by atoms with van der Waals surface area (Å²) in [4.78, 5) is 12.6. The molecule has 0 aromatic heterocycles. The molecule has 0 aliphatic rings. The highest BCUT2D eigenvalue weighted by atomic mass is 19.1. The Kier molecular flexibility index (Phi) is 13.7. The summed E-state index contributed by atoms with van der Waals surface area (Å²) in [7, 11) is 0. The second kappa shape index (κ2) is 18.3.